The molecule has 0 fully saturated rings. The second kappa shape index (κ2) is 12.9. The standard InChI is InChI=1S/C27H33FN6O5/c1-6-34-21-14-13-18(28)16-20(21)29-23(34)17-33-15-9-10-19(26(33)37)30-25(36)22(39-27(38)32(4)5)11-7-8-12-24(35)31(2)3/h8-10,12-16,22H,6-7,11,17H2,1-5H3,(H,30,36)/b12-8+/t22-/m0/s1. The summed E-state index contributed by atoms with van der Waals surface area (Å²) >= 11 is 0. The van der Waals surface area contributed by atoms with Crippen molar-refractivity contribution in [3.8, 4) is 0 Å². The molecule has 2 aromatic heterocycles. The second-order valence-corrected chi connectivity index (χ2v) is 9.23. The smallest absolute Gasteiger partial charge is 0.410 e. The number of aromatic nitrogens is 3. The van der Waals surface area contributed by atoms with Crippen LogP contribution in [0.3, 0.4) is 0 Å². The number of hydrogen-bond donors (Lipinski definition) is 1. The molecule has 1 N–H and O–H groups in total. The van der Waals surface area contributed by atoms with Gasteiger partial charge in [-0.15, -0.1) is 0 Å². The minimum Gasteiger partial charge on any atom is -0.436 e. The van der Waals surface area contributed by atoms with E-state index < -0.39 is 29.5 Å². The van der Waals surface area contributed by atoms with Crippen LogP contribution in [0.5, 0.6) is 0 Å². The molecule has 1 aromatic carbocycles. The predicted octanol–water partition coefficient (Wildman–Crippen LogP) is 2.84. The number of allylic oxidation sites excluding steroid dienone is 1. The number of nitrogens with zero attached hydrogens (tertiary/aromatic N) is 5. The minimum absolute atomic E-state index is 0.00284. The molecule has 0 unspecified atom stereocenters. The summed E-state index contributed by atoms with van der Waals surface area (Å²) in [5.41, 5.74) is 0.743. The van der Waals surface area contributed by atoms with Crippen molar-refractivity contribution in [2.45, 2.75) is 39.0 Å². The Morgan fingerprint density at radius 3 is 2.56 bits per heavy atom. The Balaban J connectivity index is 1.80. The van der Waals surface area contributed by atoms with E-state index in [4.69, 9.17) is 4.74 Å². The number of benzene rings is 1. The number of amides is 3. The molecule has 0 spiro atoms. The Bertz CT molecular complexity index is 1440. The summed E-state index contributed by atoms with van der Waals surface area (Å²) in [5, 5.41) is 2.57. The number of hydrogen-bond acceptors (Lipinski definition) is 6. The molecule has 0 bridgehead atoms. The zero-order valence-electron chi connectivity index (χ0n) is 22.7. The summed E-state index contributed by atoms with van der Waals surface area (Å²) < 4.78 is 22.3. The molecule has 0 aliphatic carbocycles. The number of ether oxygens (including phenoxy) is 1. The molecular formula is C27H33FN6O5. The number of anilines is 1. The van der Waals surface area contributed by atoms with Crippen LogP contribution >= 0.6 is 0 Å². The van der Waals surface area contributed by atoms with Gasteiger partial charge in [-0.25, -0.2) is 14.2 Å². The lowest BCUT2D eigenvalue weighted by molar-refractivity contribution is -0.125. The van der Waals surface area contributed by atoms with Crippen LogP contribution in [0.2, 0.25) is 0 Å². The fourth-order valence-electron chi connectivity index (χ4n) is 3.80. The molecule has 0 saturated carbocycles. The largest absolute Gasteiger partial charge is 0.436 e. The highest BCUT2D eigenvalue weighted by atomic mass is 19.1. The summed E-state index contributed by atoms with van der Waals surface area (Å²) in [6, 6.07) is 7.40. The number of pyridine rings is 1. The van der Waals surface area contributed by atoms with E-state index in [1.54, 1.807) is 38.5 Å². The van der Waals surface area contributed by atoms with Crippen LogP contribution < -0.4 is 10.9 Å². The topological polar surface area (TPSA) is 119 Å². The van der Waals surface area contributed by atoms with Gasteiger partial charge in [-0.1, -0.05) is 6.08 Å². The van der Waals surface area contributed by atoms with Crippen LogP contribution in [0.25, 0.3) is 11.0 Å². The minimum atomic E-state index is -1.20. The number of nitrogens with one attached hydrogen (secondary N) is 1. The maximum atomic E-state index is 13.7. The number of carbonyl (C=O) groups excluding carboxylic acids is 3. The van der Waals surface area contributed by atoms with Gasteiger partial charge in [0.25, 0.3) is 11.5 Å². The van der Waals surface area contributed by atoms with Gasteiger partial charge in [0.1, 0.15) is 17.3 Å². The van der Waals surface area contributed by atoms with Gasteiger partial charge in [-0.05, 0) is 50.1 Å². The van der Waals surface area contributed by atoms with Crippen molar-refractivity contribution in [3.63, 3.8) is 0 Å². The zero-order chi connectivity index (χ0) is 28.7. The number of rotatable bonds is 10. The quantitative estimate of drug-likeness (QED) is 0.395. The van der Waals surface area contributed by atoms with E-state index in [1.807, 2.05) is 11.5 Å². The third-order valence-electron chi connectivity index (χ3n) is 5.89. The van der Waals surface area contributed by atoms with Crippen molar-refractivity contribution in [1.29, 1.82) is 0 Å². The van der Waals surface area contributed by atoms with E-state index >= 15 is 0 Å². The van der Waals surface area contributed by atoms with Crippen LogP contribution in [-0.4, -0.2) is 76.1 Å². The first-order valence-corrected chi connectivity index (χ1v) is 12.4. The zero-order valence-corrected chi connectivity index (χ0v) is 22.7. The molecule has 0 aliphatic heterocycles. The number of aryl methyl sites for hydroxylation is 1. The molecule has 3 rings (SSSR count). The lowest BCUT2D eigenvalue weighted by Crippen LogP contribution is -2.37. The predicted molar refractivity (Wildman–Crippen MR) is 145 cm³/mol. The fraction of sp³-hybridized carbons (Fsp3) is 0.370. The summed E-state index contributed by atoms with van der Waals surface area (Å²) in [5.74, 6) is -0.738. The van der Waals surface area contributed by atoms with Crippen LogP contribution in [0.4, 0.5) is 14.9 Å². The first-order chi connectivity index (χ1) is 18.5. The van der Waals surface area contributed by atoms with Crippen molar-refractivity contribution in [2.24, 2.45) is 0 Å². The first kappa shape index (κ1) is 29.1. The van der Waals surface area contributed by atoms with E-state index in [0.717, 1.165) is 5.52 Å². The van der Waals surface area contributed by atoms with Crippen molar-refractivity contribution in [2.75, 3.05) is 33.5 Å². The van der Waals surface area contributed by atoms with Gasteiger partial charge in [0, 0.05) is 47.0 Å². The van der Waals surface area contributed by atoms with Crippen LogP contribution in [0.15, 0.2) is 53.5 Å². The molecule has 0 aliphatic rings. The van der Waals surface area contributed by atoms with Crippen molar-refractivity contribution < 1.29 is 23.5 Å². The third-order valence-corrected chi connectivity index (χ3v) is 5.89. The van der Waals surface area contributed by atoms with Gasteiger partial charge < -0.3 is 29.0 Å². The molecule has 3 aromatic rings. The van der Waals surface area contributed by atoms with Crippen molar-refractivity contribution in [3.05, 3.63) is 70.7 Å². The van der Waals surface area contributed by atoms with Gasteiger partial charge in [0.2, 0.25) is 5.91 Å². The maximum absolute atomic E-state index is 13.7. The van der Waals surface area contributed by atoms with E-state index in [9.17, 15) is 23.6 Å². The van der Waals surface area contributed by atoms with Crippen molar-refractivity contribution >= 4 is 34.6 Å². The molecule has 1 atom stereocenters. The Kier molecular flexibility index (Phi) is 9.58. The lowest BCUT2D eigenvalue weighted by atomic mass is 10.1. The second-order valence-electron chi connectivity index (χ2n) is 9.23. The van der Waals surface area contributed by atoms with Crippen LogP contribution in [-0.2, 0) is 27.4 Å². The van der Waals surface area contributed by atoms with Crippen molar-refractivity contribution in [1.82, 2.24) is 23.9 Å². The first-order valence-electron chi connectivity index (χ1n) is 12.4. The van der Waals surface area contributed by atoms with E-state index in [0.29, 0.717) is 17.9 Å². The van der Waals surface area contributed by atoms with E-state index in [1.165, 1.54) is 52.7 Å². The van der Waals surface area contributed by atoms with Crippen LogP contribution in [0.1, 0.15) is 25.6 Å². The summed E-state index contributed by atoms with van der Waals surface area (Å²) in [6.45, 7) is 2.58. The average molecular weight is 541 g/mol. The van der Waals surface area contributed by atoms with Gasteiger partial charge >= 0.3 is 6.09 Å². The Labute approximate surface area is 225 Å². The number of carbonyl (C=O) groups is 3. The third kappa shape index (κ3) is 7.30. The van der Waals surface area contributed by atoms with Gasteiger partial charge in [0.15, 0.2) is 6.10 Å². The highest BCUT2D eigenvalue weighted by Gasteiger charge is 2.24. The summed E-state index contributed by atoms with van der Waals surface area (Å²) in [7, 11) is 6.21. The SMILES string of the molecule is CCn1c(Cn2cccc(NC(=O)[C@H](CC/C=C/C(=O)N(C)C)OC(=O)N(C)C)c2=O)nc2cc(F)ccc21. The molecule has 3 amide bonds. The summed E-state index contributed by atoms with van der Waals surface area (Å²) in [4.78, 5) is 57.3. The molecule has 11 nitrogen and oxygen atoms in total. The molecule has 39 heavy (non-hydrogen) atoms. The number of imidazole rings is 1. The molecule has 2 heterocycles. The molecular weight excluding hydrogens is 507 g/mol. The Hall–Kier alpha value is -4.48. The molecule has 208 valence electrons. The van der Waals surface area contributed by atoms with Crippen LogP contribution in [0, 0.1) is 5.82 Å². The Morgan fingerprint density at radius 2 is 1.90 bits per heavy atom. The van der Waals surface area contributed by atoms with E-state index in [-0.39, 0.29) is 31.0 Å². The average Bonchev–Trinajstić information content (AvgIpc) is 3.23. The number of fused-ring (bicyclic) bond motifs is 1. The highest BCUT2D eigenvalue weighted by molar-refractivity contribution is 5.95. The van der Waals surface area contributed by atoms with Gasteiger partial charge in [-0.3, -0.25) is 14.4 Å². The van der Waals surface area contributed by atoms with Gasteiger partial charge in [-0.2, -0.15) is 0 Å². The molecule has 0 saturated heterocycles. The lowest BCUT2D eigenvalue weighted by Gasteiger charge is -2.19. The maximum Gasteiger partial charge on any atom is 0.410 e. The fourth-order valence-corrected chi connectivity index (χ4v) is 3.80. The molecule has 0 radical (unpaired) electrons. The summed E-state index contributed by atoms with van der Waals surface area (Å²) in [6.07, 6.45) is 2.99. The van der Waals surface area contributed by atoms with E-state index in [2.05, 4.69) is 10.3 Å². The van der Waals surface area contributed by atoms with Gasteiger partial charge in [0.05, 0.1) is 17.6 Å². The Morgan fingerprint density at radius 1 is 1.15 bits per heavy atom. The number of halogens is 1. The normalized spacial score (nSPS) is 11.9. The monoisotopic (exact) mass is 540 g/mol. The molecule has 12 heteroatoms. The highest BCUT2D eigenvalue weighted by Crippen LogP contribution is 2.18. The number of likely N-dealkylation sites (N-methyl/N-ethyl adjacent to an activating group) is 1.